The number of aromatic nitrogens is 2. The van der Waals surface area contributed by atoms with Crippen molar-refractivity contribution in [1.29, 1.82) is 0 Å². The van der Waals surface area contributed by atoms with Crippen LogP contribution in [0.3, 0.4) is 0 Å². The van der Waals surface area contributed by atoms with Gasteiger partial charge in [0.1, 0.15) is 17.3 Å². The molecule has 2 unspecified atom stereocenters. The highest BCUT2D eigenvalue weighted by molar-refractivity contribution is 5.95. The third kappa shape index (κ3) is 4.11. The van der Waals surface area contributed by atoms with Gasteiger partial charge in [0, 0.05) is 11.5 Å². The molecule has 0 saturated heterocycles. The zero-order valence-corrected chi connectivity index (χ0v) is 15.6. The predicted octanol–water partition coefficient (Wildman–Crippen LogP) is 2.79. The molecule has 0 bridgehead atoms. The van der Waals surface area contributed by atoms with Crippen LogP contribution in [0.4, 0.5) is 4.39 Å². The topological polar surface area (TPSA) is 96.1 Å². The molecule has 2 aromatic carbocycles. The molecule has 0 radical (unpaired) electrons. The number of nitrogens with zero attached hydrogens (tertiary/aromatic N) is 1. The lowest BCUT2D eigenvalue weighted by Gasteiger charge is -2.06. The number of aromatic amines is 1. The largest absolute Gasteiger partial charge is 0.497 e. The van der Waals surface area contributed by atoms with E-state index >= 15 is 0 Å². The van der Waals surface area contributed by atoms with Crippen LogP contribution in [0.25, 0.3) is 11.3 Å². The maximum atomic E-state index is 13.0. The third-order valence-electron chi connectivity index (χ3n) is 4.93. The number of carbonyl (C=O) groups is 2. The first-order valence-corrected chi connectivity index (χ1v) is 9.10. The second-order valence-corrected chi connectivity index (χ2v) is 6.84. The van der Waals surface area contributed by atoms with Crippen molar-refractivity contribution in [2.24, 2.45) is 5.92 Å². The van der Waals surface area contributed by atoms with E-state index in [0.29, 0.717) is 12.1 Å². The van der Waals surface area contributed by atoms with Crippen LogP contribution in [0.15, 0.2) is 54.6 Å². The lowest BCUT2D eigenvalue weighted by molar-refractivity contribution is -0.123. The normalized spacial score (nSPS) is 17.4. The van der Waals surface area contributed by atoms with Crippen LogP contribution < -0.4 is 15.6 Å². The van der Waals surface area contributed by atoms with Crippen molar-refractivity contribution < 1.29 is 18.7 Å². The summed E-state index contributed by atoms with van der Waals surface area (Å²) in [4.78, 5) is 24.5. The van der Waals surface area contributed by atoms with Gasteiger partial charge in [-0.15, -0.1) is 0 Å². The van der Waals surface area contributed by atoms with Gasteiger partial charge in [0.05, 0.1) is 12.8 Å². The monoisotopic (exact) mass is 394 g/mol. The number of nitrogens with one attached hydrogen (secondary N) is 3. The molecule has 0 spiro atoms. The van der Waals surface area contributed by atoms with Gasteiger partial charge in [-0.05, 0) is 60.4 Å². The highest BCUT2D eigenvalue weighted by Crippen LogP contribution is 2.47. The minimum Gasteiger partial charge on any atom is -0.497 e. The van der Waals surface area contributed by atoms with Crippen LogP contribution in [0.5, 0.6) is 5.75 Å². The summed E-state index contributed by atoms with van der Waals surface area (Å²) in [6.45, 7) is 0. The molecule has 1 fully saturated rings. The van der Waals surface area contributed by atoms with Gasteiger partial charge in [0.25, 0.3) is 5.91 Å². The molecular formula is C21H19FN4O3. The Labute approximate surface area is 166 Å². The zero-order valence-electron chi connectivity index (χ0n) is 15.6. The number of carbonyl (C=O) groups excluding carboxylic acids is 2. The summed E-state index contributed by atoms with van der Waals surface area (Å²) in [5, 5.41) is 6.79. The first-order chi connectivity index (χ1) is 14.0. The van der Waals surface area contributed by atoms with E-state index in [4.69, 9.17) is 4.74 Å². The maximum absolute atomic E-state index is 13.0. The Morgan fingerprint density at radius 1 is 1.10 bits per heavy atom. The first-order valence-electron chi connectivity index (χ1n) is 9.10. The fourth-order valence-corrected chi connectivity index (χ4v) is 3.19. The number of methoxy groups -OCH3 is 1. The van der Waals surface area contributed by atoms with Gasteiger partial charge in [-0.25, -0.2) is 4.39 Å². The van der Waals surface area contributed by atoms with Gasteiger partial charge in [-0.1, -0.05) is 12.1 Å². The second kappa shape index (κ2) is 7.75. The minimum absolute atomic E-state index is 0.0429. The standard InChI is InChI=1S/C21H19FN4O3/c1-29-15-8-4-13(5-9-15)18-11-19(24-23-18)21(28)26-25-20(27)17-10-16(17)12-2-6-14(22)7-3-12/h2-9,11,16-17H,10H2,1H3,(H,23,24)(H,25,27)(H,26,28). The van der Waals surface area contributed by atoms with Crippen LogP contribution in [-0.2, 0) is 4.79 Å². The van der Waals surface area contributed by atoms with Gasteiger partial charge < -0.3 is 4.74 Å². The average Bonchev–Trinajstić information content (AvgIpc) is 3.40. The summed E-state index contributed by atoms with van der Waals surface area (Å²) in [6.07, 6.45) is 0.666. The first kappa shape index (κ1) is 18.7. The summed E-state index contributed by atoms with van der Waals surface area (Å²) in [7, 11) is 1.59. The van der Waals surface area contributed by atoms with E-state index in [1.54, 1.807) is 37.4 Å². The molecule has 0 aliphatic heterocycles. The molecule has 1 aliphatic carbocycles. The van der Waals surface area contributed by atoms with Crippen LogP contribution >= 0.6 is 0 Å². The van der Waals surface area contributed by atoms with E-state index in [2.05, 4.69) is 21.0 Å². The Hall–Kier alpha value is -3.68. The maximum Gasteiger partial charge on any atom is 0.287 e. The van der Waals surface area contributed by atoms with E-state index in [1.165, 1.54) is 12.1 Å². The molecule has 148 valence electrons. The Morgan fingerprint density at radius 2 is 1.83 bits per heavy atom. The summed E-state index contributed by atoms with van der Waals surface area (Å²) in [5.41, 5.74) is 7.40. The van der Waals surface area contributed by atoms with Crippen molar-refractivity contribution in [3.8, 4) is 17.0 Å². The molecule has 7 nitrogen and oxygen atoms in total. The molecule has 2 amide bonds. The molecule has 2 atom stereocenters. The summed E-state index contributed by atoms with van der Waals surface area (Å²) < 4.78 is 18.1. The van der Waals surface area contributed by atoms with Crippen LogP contribution in [-0.4, -0.2) is 29.1 Å². The summed E-state index contributed by atoms with van der Waals surface area (Å²) in [5.74, 6) is -0.550. The highest BCUT2D eigenvalue weighted by atomic mass is 19.1. The predicted molar refractivity (Wildman–Crippen MR) is 103 cm³/mol. The van der Waals surface area contributed by atoms with Gasteiger partial charge in [-0.2, -0.15) is 5.10 Å². The average molecular weight is 394 g/mol. The van der Waals surface area contributed by atoms with Crippen molar-refractivity contribution in [2.45, 2.75) is 12.3 Å². The molecule has 3 N–H and O–H groups in total. The molecule has 1 aliphatic rings. The van der Waals surface area contributed by atoms with E-state index in [-0.39, 0.29) is 29.3 Å². The number of H-pyrrole nitrogens is 1. The van der Waals surface area contributed by atoms with Crippen LogP contribution in [0, 0.1) is 11.7 Å². The fraction of sp³-hybridized carbons (Fsp3) is 0.190. The van der Waals surface area contributed by atoms with Gasteiger partial charge in [-0.3, -0.25) is 25.5 Å². The molecule has 1 saturated carbocycles. The van der Waals surface area contributed by atoms with Gasteiger partial charge in [0.2, 0.25) is 5.91 Å². The molecule has 8 heteroatoms. The molecular weight excluding hydrogens is 375 g/mol. The number of halogens is 1. The van der Waals surface area contributed by atoms with E-state index in [0.717, 1.165) is 16.9 Å². The minimum atomic E-state index is -0.496. The Balaban J connectivity index is 1.31. The number of hydrogen-bond acceptors (Lipinski definition) is 4. The third-order valence-corrected chi connectivity index (χ3v) is 4.93. The molecule has 3 aromatic rings. The van der Waals surface area contributed by atoms with Gasteiger partial charge >= 0.3 is 0 Å². The Morgan fingerprint density at radius 3 is 2.52 bits per heavy atom. The zero-order chi connectivity index (χ0) is 20.4. The number of hydrogen-bond donors (Lipinski definition) is 3. The van der Waals surface area contributed by atoms with E-state index in [9.17, 15) is 14.0 Å². The van der Waals surface area contributed by atoms with Crippen molar-refractivity contribution >= 4 is 11.8 Å². The number of benzene rings is 2. The Kier molecular flexibility index (Phi) is 4.99. The highest BCUT2D eigenvalue weighted by Gasteiger charge is 2.44. The number of rotatable bonds is 5. The van der Waals surface area contributed by atoms with Crippen molar-refractivity contribution in [3.63, 3.8) is 0 Å². The number of ether oxygens (including phenoxy) is 1. The van der Waals surface area contributed by atoms with Crippen LogP contribution in [0.1, 0.15) is 28.4 Å². The molecule has 29 heavy (non-hydrogen) atoms. The number of hydrazine groups is 1. The van der Waals surface area contributed by atoms with Gasteiger partial charge in [0.15, 0.2) is 0 Å². The summed E-state index contributed by atoms with van der Waals surface area (Å²) >= 11 is 0. The lowest BCUT2D eigenvalue weighted by atomic mass is 10.1. The van der Waals surface area contributed by atoms with E-state index < -0.39 is 5.91 Å². The van der Waals surface area contributed by atoms with Crippen LogP contribution in [0.2, 0.25) is 0 Å². The number of amides is 2. The molecule has 4 rings (SSSR count). The lowest BCUT2D eigenvalue weighted by Crippen LogP contribution is -2.42. The smallest absolute Gasteiger partial charge is 0.287 e. The summed E-state index contributed by atoms with van der Waals surface area (Å²) in [6, 6.07) is 15.0. The molecule has 1 heterocycles. The molecule has 1 aromatic heterocycles. The van der Waals surface area contributed by atoms with Crippen molar-refractivity contribution in [2.75, 3.05) is 7.11 Å². The van der Waals surface area contributed by atoms with Crippen molar-refractivity contribution in [3.05, 3.63) is 71.7 Å². The SMILES string of the molecule is COc1ccc(-c2cc(C(=O)NNC(=O)C3CC3c3ccc(F)cc3)[nH]n2)cc1. The van der Waals surface area contributed by atoms with E-state index in [1.807, 2.05) is 12.1 Å². The van der Waals surface area contributed by atoms with Crippen molar-refractivity contribution in [1.82, 2.24) is 21.0 Å². The Bertz CT molecular complexity index is 1030. The quantitative estimate of drug-likeness (QED) is 0.580. The second-order valence-electron chi connectivity index (χ2n) is 6.84. The fourth-order valence-electron chi connectivity index (χ4n) is 3.19.